The van der Waals surface area contributed by atoms with E-state index in [2.05, 4.69) is 9.89 Å². The molecule has 0 unspecified atom stereocenters. The Bertz CT molecular complexity index is 1160. The van der Waals surface area contributed by atoms with E-state index >= 15 is 0 Å². The van der Waals surface area contributed by atoms with E-state index in [4.69, 9.17) is 25.5 Å². The Balaban J connectivity index is 1.57. The summed E-state index contributed by atoms with van der Waals surface area (Å²) in [7, 11) is 0. The van der Waals surface area contributed by atoms with Crippen LogP contribution >= 0.6 is 0 Å². The fourth-order valence-corrected chi connectivity index (χ4v) is 4.34. The van der Waals surface area contributed by atoms with Crippen molar-refractivity contribution >= 4 is 23.5 Å². The molecule has 0 bridgehead atoms. The van der Waals surface area contributed by atoms with Crippen molar-refractivity contribution in [1.82, 2.24) is 14.9 Å². The quantitative estimate of drug-likeness (QED) is 0.559. The highest BCUT2D eigenvalue weighted by Crippen LogP contribution is 2.30. The molecule has 1 amide bonds. The second-order valence-electron chi connectivity index (χ2n) is 8.74. The highest BCUT2D eigenvalue weighted by atomic mass is 19.1. The average Bonchev–Trinajstić information content (AvgIpc) is 2.88. The number of amides is 1. The van der Waals surface area contributed by atoms with Gasteiger partial charge in [0.1, 0.15) is 17.6 Å². The number of nitrogens with two attached hydrogens (primary N) is 1. The van der Waals surface area contributed by atoms with Gasteiger partial charge in [0, 0.05) is 69.9 Å². The minimum Gasteiger partial charge on any atom is -0.487 e. The van der Waals surface area contributed by atoms with Crippen LogP contribution in [0.4, 0.5) is 14.6 Å². The van der Waals surface area contributed by atoms with Crippen molar-refractivity contribution in [3.63, 3.8) is 0 Å². The summed E-state index contributed by atoms with van der Waals surface area (Å²) in [4.78, 5) is 29.7. The number of allylic oxidation sites excluding steroid dienone is 1. The second-order valence-corrected chi connectivity index (χ2v) is 8.74. The molecule has 0 atom stereocenters. The van der Waals surface area contributed by atoms with Gasteiger partial charge in [-0.1, -0.05) is 0 Å². The summed E-state index contributed by atoms with van der Waals surface area (Å²) in [6, 6.07) is 3.29. The molecule has 9 nitrogen and oxygen atoms in total. The lowest BCUT2D eigenvalue weighted by atomic mass is 10.0. The SMILES string of the molecule is CC(=O)N1CCc2nc(N3CCC(Oc4ccc(F)cc4F)CC3)c(/C(C=NCCO)=C/N)nc2C1. The number of aliphatic hydroxyl groups is 1. The van der Waals surface area contributed by atoms with Gasteiger partial charge in [-0.05, 0) is 12.1 Å². The van der Waals surface area contributed by atoms with Gasteiger partial charge in [-0.15, -0.1) is 0 Å². The van der Waals surface area contributed by atoms with E-state index in [1.54, 1.807) is 11.1 Å². The molecule has 1 aromatic heterocycles. The van der Waals surface area contributed by atoms with Gasteiger partial charge in [0.25, 0.3) is 0 Å². The number of benzene rings is 1. The minimum absolute atomic E-state index is 0.0214. The number of aliphatic imine (C=N–C) groups is 1. The largest absolute Gasteiger partial charge is 0.487 e. The monoisotopic (exact) mass is 500 g/mol. The molecule has 0 saturated carbocycles. The zero-order valence-corrected chi connectivity index (χ0v) is 20.2. The van der Waals surface area contributed by atoms with Gasteiger partial charge in [0.05, 0.1) is 31.1 Å². The summed E-state index contributed by atoms with van der Waals surface area (Å²) in [6.45, 7) is 3.78. The van der Waals surface area contributed by atoms with Crippen molar-refractivity contribution in [2.75, 3.05) is 37.7 Å². The summed E-state index contributed by atoms with van der Waals surface area (Å²) in [5, 5.41) is 9.09. The fraction of sp³-hybridized carbons (Fsp3) is 0.440. The summed E-state index contributed by atoms with van der Waals surface area (Å²) >= 11 is 0. The van der Waals surface area contributed by atoms with Gasteiger partial charge in [0.2, 0.25) is 5.91 Å². The lowest BCUT2D eigenvalue weighted by Gasteiger charge is -2.35. The maximum Gasteiger partial charge on any atom is 0.219 e. The van der Waals surface area contributed by atoms with Crippen molar-refractivity contribution in [3.05, 3.63) is 53.1 Å². The first-order valence-corrected chi connectivity index (χ1v) is 11.9. The summed E-state index contributed by atoms with van der Waals surface area (Å²) in [5.41, 5.74) is 8.58. The normalized spacial score (nSPS) is 16.9. The van der Waals surface area contributed by atoms with E-state index in [1.165, 1.54) is 25.3 Å². The smallest absolute Gasteiger partial charge is 0.219 e. The highest BCUT2D eigenvalue weighted by molar-refractivity contribution is 6.10. The Hall–Kier alpha value is -3.60. The van der Waals surface area contributed by atoms with E-state index < -0.39 is 11.6 Å². The van der Waals surface area contributed by atoms with Crippen molar-refractivity contribution in [2.45, 2.75) is 38.8 Å². The maximum absolute atomic E-state index is 14.0. The lowest BCUT2D eigenvalue weighted by molar-refractivity contribution is -0.129. The first-order valence-electron chi connectivity index (χ1n) is 11.9. The molecule has 3 N–H and O–H groups in total. The number of aromatic nitrogens is 2. The van der Waals surface area contributed by atoms with Crippen LogP contribution in [-0.4, -0.2) is 71.0 Å². The molecule has 2 aliphatic heterocycles. The van der Waals surface area contributed by atoms with Crippen LogP contribution in [0.15, 0.2) is 29.4 Å². The third-order valence-electron chi connectivity index (χ3n) is 6.28. The molecule has 1 saturated heterocycles. The van der Waals surface area contributed by atoms with E-state index in [1.807, 2.05) is 0 Å². The number of halogens is 2. The molecule has 192 valence electrons. The average molecular weight is 501 g/mol. The third kappa shape index (κ3) is 5.78. The molecule has 2 aliphatic rings. The Morgan fingerprint density at radius 1 is 1.25 bits per heavy atom. The maximum atomic E-state index is 14.0. The van der Waals surface area contributed by atoms with Crippen LogP contribution in [0.25, 0.3) is 5.57 Å². The number of aliphatic hydroxyl groups excluding tert-OH is 1. The number of fused-ring (bicyclic) bond motifs is 1. The van der Waals surface area contributed by atoms with E-state index in [9.17, 15) is 13.6 Å². The molecule has 11 heteroatoms. The minimum atomic E-state index is -0.722. The number of rotatable bonds is 7. The highest BCUT2D eigenvalue weighted by Gasteiger charge is 2.29. The molecular weight excluding hydrogens is 470 g/mol. The van der Waals surface area contributed by atoms with Gasteiger partial charge < -0.3 is 25.4 Å². The van der Waals surface area contributed by atoms with Crippen molar-refractivity contribution < 1.29 is 23.4 Å². The molecule has 3 heterocycles. The molecule has 0 aliphatic carbocycles. The molecular formula is C25H30F2N6O3. The topological polar surface area (TPSA) is 117 Å². The van der Waals surface area contributed by atoms with Crippen LogP contribution in [0.5, 0.6) is 5.75 Å². The third-order valence-corrected chi connectivity index (χ3v) is 6.28. The Kier molecular flexibility index (Phi) is 8.09. The second kappa shape index (κ2) is 11.4. The van der Waals surface area contributed by atoms with Crippen LogP contribution in [0.2, 0.25) is 0 Å². The summed E-state index contributed by atoms with van der Waals surface area (Å²) < 4.78 is 33.0. The number of anilines is 1. The number of carbonyl (C=O) groups is 1. The molecule has 2 aromatic rings. The van der Waals surface area contributed by atoms with Gasteiger partial charge in [-0.3, -0.25) is 9.79 Å². The zero-order chi connectivity index (χ0) is 25.7. The fourth-order valence-electron chi connectivity index (χ4n) is 4.34. The van der Waals surface area contributed by atoms with Gasteiger partial charge in [-0.2, -0.15) is 0 Å². The van der Waals surface area contributed by atoms with Crippen LogP contribution < -0.4 is 15.4 Å². The molecule has 36 heavy (non-hydrogen) atoms. The zero-order valence-electron chi connectivity index (χ0n) is 20.2. The van der Waals surface area contributed by atoms with Crippen molar-refractivity contribution in [1.29, 1.82) is 0 Å². The number of hydrogen-bond donors (Lipinski definition) is 2. The Labute approximate surface area is 208 Å². The van der Waals surface area contributed by atoms with Crippen molar-refractivity contribution in [2.24, 2.45) is 10.7 Å². The van der Waals surface area contributed by atoms with E-state index in [0.29, 0.717) is 62.5 Å². The predicted molar refractivity (Wildman–Crippen MR) is 132 cm³/mol. The van der Waals surface area contributed by atoms with E-state index in [0.717, 1.165) is 17.5 Å². The molecule has 1 aromatic carbocycles. The first kappa shape index (κ1) is 25.5. The summed E-state index contributed by atoms with van der Waals surface area (Å²) in [5.74, 6) is -0.700. The molecule has 1 fully saturated rings. The molecule has 0 spiro atoms. The number of carbonyl (C=O) groups excluding carboxylic acids is 1. The molecule has 0 radical (unpaired) electrons. The van der Waals surface area contributed by atoms with E-state index in [-0.39, 0.29) is 30.9 Å². The molecule has 4 rings (SSSR count). The van der Waals surface area contributed by atoms with Crippen LogP contribution in [0, 0.1) is 11.6 Å². The number of nitrogens with zero attached hydrogens (tertiary/aromatic N) is 5. The number of hydrogen-bond acceptors (Lipinski definition) is 8. The Morgan fingerprint density at radius 3 is 2.69 bits per heavy atom. The van der Waals surface area contributed by atoms with Crippen LogP contribution in [0.3, 0.4) is 0 Å². The van der Waals surface area contributed by atoms with Gasteiger partial charge >= 0.3 is 0 Å². The van der Waals surface area contributed by atoms with Crippen LogP contribution in [0.1, 0.15) is 36.8 Å². The van der Waals surface area contributed by atoms with Crippen LogP contribution in [-0.2, 0) is 17.8 Å². The Morgan fingerprint density at radius 2 is 2.03 bits per heavy atom. The standard InChI is InChI=1S/C25H30F2N6O3/c1-16(35)33-10-6-21-22(15-33)30-24(17(13-28)14-29-7-11-34)25(31-21)32-8-4-19(5-9-32)36-23-3-2-18(26)12-20(23)27/h2-3,12-14,19,34H,4-11,15,28H2,1H3/b17-13+,29-14?. The number of ether oxygens (including phenoxy) is 1. The van der Waals surface area contributed by atoms with Gasteiger partial charge in [0.15, 0.2) is 17.4 Å². The number of piperidine rings is 1. The van der Waals surface area contributed by atoms with Crippen molar-refractivity contribution in [3.8, 4) is 5.75 Å². The summed E-state index contributed by atoms with van der Waals surface area (Å²) in [6.07, 6.45) is 4.55. The predicted octanol–water partition coefficient (Wildman–Crippen LogP) is 2.07. The first-order chi connectivity index (χ1) is 17.4. The van der Waals surface area contributed by atoms with Gasteiger partial charge in [-0.25, -0.2) is 18.7 Å². The lowest BCUT2D eigenvalue weighted by Crippen LogP contribution is -2.40.